The van der Waals surface area contributed by atoms with Gasteiger partial charge in [-0.15, -0.1) is 0 Å². The number of hydrogen-bond acceptors (Lipinski definition) is 1. The normalized spacial score (nSPS) is 14.0. The number of fused-ring (bicyclic) bond motifs is 22. The fourth-order valence-corrected chi connectivity index (χ4v) is 14.7. The highest BCUT2D eigenvalue weighted by molar-refractivity contribution is 6.13. The van der Waals surface area contributed by atoms with E-state index >= 15 is 0 Å². The summed E-state index contributed by atoms with van der Waals surface area (Å²) in [5, 5.41) is 2.53. The molecule has 12 aromatic carbocycles. The Kier molecular flexibility index (Phi) is 8.44. The van der Waals surface area contributed by atoms with E-state index in [1.54, 1.807) is 0 Å². The molecule has 0 bridgehead atoms. The predicted octanol–water partition coefficient (Wildman–Crippen LogP) is 18.6. The summed E-state index contributed by atoms with van der Waals surface area (Å²) in [5.74, 6) is 0. The monoisotopic (exact) mass is 962 g/mol. The van der Waals surface area contributed by atoms with Crippen LogP contribution in [0.1, 0.15) is 44.5 Å². The summed E-state index contributed by atoms with van der Waals surface area (Å²) in [6.07, 6.45) is 0. The van der Waals surface area contributed by atoms with E-state index < -0.39 is 10.8 Å². The van der Waals surface area contributed by atoms with Crippen LogP contribution in [0.2, 0.25) is 0 Å². The molecular weight excluding hydrogens is 917 g/mol. The molecule has 0 amide bonds. The maximum absolute atomic E-state index is 2.58. The lowest BCUT2D eigenvalue weighted by Gasteiger charge is -2.40. The molecule has 4 aliphatic rings. The van der Waals surface area contributed by atoms with E-state index in [0.717, 1.165) is 22.6 Å². The molecule has 0 saturated heterocycles. The summed E-state index contributed by atoms with van der Waals surface area (Å²) in [6, 6.07) is 105. The van der Waals surface area contributed by atoms with Crippen molar-refractivity contribution in [2.24, 2.45) is 0 Å². The molecule has 76 heavy (non-hydrogen) atoms. The molecule has 1 aliphatic heterocycles. The lowest BCUT2D eigenvalue weighted by atomic mass is 9.65. The first kappa shape index (κ1) is 41.7. The second-order valence-electron chi connectivity index (χ2n) is 21.0. The van der Waals surface area contributed by atoms with Crippen LogP contribution in [-0.4, -0.2) is 4.57 Å². The third-order valence-corrected chi connectivity index (χ3v) is 17.6. The number of anilines is 3. The number of rotatable bonds is 5. The summed E-state index contributed by atoms with van der Waals surface area (Å²) in [5.41, 5.74) is 28.9. The number of aromatic nitrogens is 1. The van der Waals surface area contributed by atoms with Gasteiger partial charge in [-0.05, 0) is 137 Å². The van der Waals surface area contributed by atoms with Gasteiger partial charge in [-0.1, -0.05) is 237 Å². The van der Waals surface area contributed by atoms with Crippen LogP contribution >= 0.6 is 0 Å². The molecule has 2 heterocycles. The van der Waals surface area contributed by atoms with Crippen LogP contribution in [-0.2, 0) is 10.8 Å². The van der Waals surface area contributed by atoms with Crippen LogP contribution in [0.25, 0.3) is 83.1 Å². The highest BCUT2D eigenvalue weighted by Gasteiger charge is 2.53. The minimum Gasteiger partial charge on any atom is -0.310 e. The highest BCUT2D eigenvalue weighted by atomic mass is 15.1. The Morgan fingerprint density at radius 3 is 1.38 bits per heavy atom. The molecule has 17 rings (SSSR count). The van der Waals surface area contributed by atoms with Gasteiger partial charge in [-0.2, -0.15) is 0 Å². The van der Waals surface area contributed by atoms with Crippen LogP contribution in [0.3, 0.4) is 0 Å². The van der Waals surface area contributed by atoms with E-state index in [9.17, 15) is 0 Å². The summed E-state index contributed by atoms with van der Waals surface area (Å²) in [4.78, 5) is 2.55. The van der Waals surface area contributed by atoms with Gasteiger partial charge in [-0.3, -0.25) is 0 Å². The zero-order chi connectivity index (χ0) is 49.7. The molecule has 3 aliphatic carbocycles. The number of para-hydroxylation sites is 3. The SMILES string of the molecule is c1ccc(-c2ccc3c(c2)C2(c4ccccc4-c4ccccc42)c2cc(N(c4ccc5c(c4)-n4c6ccccc6c6cccc(c64)C54c5ccccc5-c5ccccc54)c4ccccc4-c4ccccc4)ccc2-3)cc1. The molecule has 0 fully saturated rings. The molecule has 2 heteroatoms. The van der Waals surface area contributed by atoms with Crippen molar-refractivity contribution in [2.45, 2.75) is 10.8 Å². The number of hydrogen-bond donors (Lipinski definition) is 0. The van der Waals surface area contributed by atoms with Crippen molar-refractivity contribution in [3.05, 3.63) is 324 Å². The van der Waals surface area contributed by atoms with Crippen molar-refractivity contribution in [1.29, 1.82) is 0 Å². The molecule has 13 aromatic rings. The molecule has 0 unspecified atom stereocenters. The Labute approximate surface area is 441 Å². The van der Waals surface area contributed by atoms with E-state index in [0.29, 0.717) is 0 Å². The molecular formula is C74H46N2. The van der Waals surface area contributed by atoms with Gasteiger partial charge in [0.05, 0.1) is 33.2 Å². The van der Waals surface area contributed by atoms with Gasteiger partial charge >= 0.3 is 0 Å². The van der Waals surface area contributed by atoms with Crippen molar-refractivity contribution in [2.75, 3.05) is 4.90 Å². The van der Waals surface area contributed by atoms with E-state index in [-0.39, 0.29) is 0 Å². The summed E-state index contributed by atoms with van der Waals surface area (Å²) < 4.78 is 2.58. The highest BCUT2D eigenvalue weighted by Crippen LogP contribution is 2.65. The molecule has 2 nitrogen and oxygen atoms in total. The standard InChI is InChI=1S/C74H46N2/c1-3-20-47(21-4-1)49-38-41-57-58-42-39-50(45-68(58)74(67(57)44-49)63-33-15-9-27-55(63)56-28-10-16-34-64(56)74)75(69-36-17-11-24-52(69)48-22-5-2-6-23-48)51-40-43-65-71(46-51)76-70-37-18-12-29-59(70)60-30-19-35-66(72(60)76)73(65)61-31-13-7-25-53(61)54-26-8-14-32-62(54)73/h1-46H. The van der Waals surface area contributed by atoms with E-state index in [4.69, 9.17) is 0 Å². The van der Waals surface area contributed by atoms with E-state index in [1.165, 1.54) is 122 Å². The third kappa shape index (κ3) is 5.25. The fourth-order valence-electron chi connectivity index (χ4n) is 14.7. The Morgan fingerprint density at radius 1 is 0.263 bits per heavy atom. The van der Waals surface area contributed by atoms with Gasteiger partial charge in [0, 0.05) is 27.7 Å². The quantitative estimate of drug-likeness (QED) is 0.167. The summed E-state index contributed by atoms with van der Waals surface area (Å²) in [7, 11) is 0. The Morgan fingerprint density at radius 2 is 0.724 bits per heavy atom. The first-order valence-electron chi connectivity index (χ1n) is 26.6. The van der Waals surface area contributed by atoms with E-state index in [1.807, 2.05) is 0 Å². The van der Waals surface area contributed by atoms with Gasteiger partial charge in [-0.25, -0.2) is 0 Å². The lowest BCUT2D eigenvalue weighted by molar-refractivity contribution is 0.748. The molecule has 0 radical (unpaired) electrons. The van der Waals surface area contributed by atoms with Crippen LogP contribution in [0, 0.1) is 0 Å². The Balaban J connectivity index is 0.971. The fraction of sp³-hybridized carbons (Fsp3) is 0.0270. The van der Waals surface area contributed by atoms with Crippen molar-refractivity contribution in [3.63, 3.8) is 0 Å². The summed E-state index contributed by atoms with van der Waals surface area (Å²) in [6.45, 7) is 0. The van der Waals surface area contributed by atoms with Gasteiger partial charge < -0.3 is 9.47 Å². The second kappa shape index (κ2) is 15.4. The summed E-state index contributed by atoms with van der Waals surface area (Å²) >= 11 is 0. The van der Waals surface area contributed by atoms with Crippen LogP contribution in [0.4, 0.5) is 17.1 Å². The van der Waals surface area contributed by atoms with Gasteiger partial charge in [0.1, 0.15) is 0 Å². The van der Waals surface area contributed by atoms with Crippen molar-refractivity contribution >= 4 is 38.9 Å². The molecule has 1 aromatic heterocycles. The van der Waals surface area contributed by atoms with Crippen molar-refractivity contribution < 1.29 is 0 Å². The van der Waals surface area contributed by atoms with Crippen molar-refractivity contribution in [1.82, 2.24) is 4.57 Å². The minimum atomic E-state index is -0.561. The number of benzene rings is 12. The topological polar surface area (TPSA) is 8.17 Å². The first-order valence-corrected chi connectivity index (χ1v) is 26.6. The van der Waals surface area contributed by atoms with Crippen molar-refractivity contribution in [3.8, 4) is 61.3 Å². The average molecular weight is 963 g/mol. The average Bonchev–Trinajstić information content (AvgIpc) is 3.63. The number of nitrogens with zero attached hydrogens (tertiary/aromatic N) is 2. The third-order valence-electron chi connectivity index (χ3n) is 17.6. The zero-order valence-corrected chi connectivity index (χ0v) is 41.5. The van der Waals surface area contributed by atoms with Crippen LogP contribution in [0.15, 0.2) is 279 Å². The molecule has 0 saturated carbocycles. The first-order chi connectivity index (χ1) is 37.7. The maximum atomic E-state index is 2.58. The smallest absolute Gasteiger partial charge is 0.0754 e. The molecule has 0 atom stereocenters. The Hall–Kier alpha value is -9.76. The Bertz CT molecular complexity index is 4500. The van der Waals surface area contributed by atoms with Gasteiger partial charge in [0.15, 0.2) is 0 Å². The van der Waals surface area contributed by atoms with Gasteiger partial charge in [0.2, 0.25) is 0 Å². The van der Waals surface area contributed by atoms with Crippen LogP contribution < -0.4 is 4.90 Å². The minimum absolute atomic E-state index is 0.550. The molecule has 2 spiro atoms. The van der Waals surface area contributed by atoms with Crippen LogP contribution in [0.5, 0.6) is 0 Å². The second-order valence-corrected chi connectivity index (χ2v) is 21.0. The van der Waals surface area contributed by atoms with Gasteiger partial charge in [0.25, 0.3) is 0 Å². The predicted molar refractivity (Wildman–Crippen MR) is 313 cm³/mol. The van der Waals surface area contributed by atoms with E-state index in [2.05, 4.69) is 289 Å². The largest absolute Gasteiger partial charge is 0.310 e. The maximum Gasteiger partial charge on any atom is 0.0754 e. The zero-order valence-electron chi connectivity index (χ0n) is 41.5. The molecule has 352 valence electrons. The molecule has 0 N–H and O–H groups in total. The lowest BCUT2D eigenvalue weighted by Crippen LogP contribution is -2.33.